The molecule has 94 valence electrons. The molecule has 1 unspecified atom stereocenters. The first-order chi connectivity index (χ1) is 8.79. The number of hydrogen-bond acceptors (Lipinski definition) is 4. The van der Waals surface area contributed by atoms with Crippen LogP contribution in [0.3, 0.4) is 0 Å². The van der Waals surface area contributed by atoms with Crippen LogP contribution in [0.25, 0.3) is 10.6 Å². The summed E-state index contributed by atoms with van der Waals surface area (Å²) in [6, 6.07) is 4.03. The molecule has 0 saturated heterocycles. The molecule has 4 heteroatoms. The van der Waals surface area contributed by atoms with Gasteiger partial charge in [-0.2, -0.15) is 12.6 Å². The minimum Gasteiger partial charge on any atom is -0.264 e. The van der Waals surface area contributed by atoms with Crippen molar-refractivity contribution < 1.29 is 0 Å². The van der Waals surface area contributed by atoms with Gasteiger partial charge in [0.2, 0.25) is 0 Å². The third-order valence-corrected chi connectivity index (χ3v) is 5.39. The zero-order valence-electron chi connectivity index (χ0n) is 10.3. The highest BCUT2D eigenvalue weighted by Crippen LogP contribution is 2.48. The van der Waals surface area contributed by atoms with E-state index in [0.717, 1.165) is 22.9 Å². The van der Waals surface area contributed by atoms with Gasteiger partial charge >= 0.3 is 0 Å². The van der Waals surface area contributed by atoms with E-state index in [2.05, 4.69) is 18.0 Å². The molecule has 1 saturated carbocycles. The second-order valence-electron chi connectivity index (χ2n) is 4.71. The van der Waals surface area contributed by atoms with Crippen molar-refractivity contribution in [3.8, 4) is 10.6 Å². The van der Waals surface area contributed by atoms with Gasteiger partial charge in [-0.1, -0.05) is 6.92 Å². The van der Waals surface area contributed by atoms with E-state index in [1.54, 1.807) is 17.5 Å². The Hall–Kier alpha value is -0.870. The molecule has 1 aliphatic rings. The van der Waals surface area contributed by atoms with Crippen molar-refractivity contribution in [2.75, 3.05) is 0 Å². The lowest BCUT2D eigenvalue weighted by atomic mass is 10.2. The number of aryl methyl sites for hydroxylation is 1. The van der Waals surface area contributed by atoms with Gasteiger partial charge in [0.15, 0.2) is 0 Å². The van der Waals surface area contributed by atoms with E-state index >= 15 is 0 Å². The Labute approximate surface area is 117 Å². The quantitative estimate of drug-likeness (QED) is 0.849. The molecule has 0 N–H and O–H groups in total. The molecule has 0 radical (unpaired) electrons. The number of rotatable bonds is 4. The maximum atomic E-state index is 4.78. The second-order valence-corrected chi connectivity index (χ2v) is 6.29. The fourth-order valence-electron chi connectivity index (χ4n) is 2.09. The molecule has 1 atom stereocenters. The Morgan fingerprint density at radius 3 is 2.94 bits per heavy atom. The molecule has 2 heterocycles. The second kappa shape index (κ2) is 5.02. The molecule has 2 nitrogen and oxygen atoms in total. The van der Waals surface area contributed by atoms with Crippen molar-refractivity contribution in [3.05, 3.63) is 35.1 Å². The summed E-state index contributed by atoms with van der Waals surface area (Å²) in [4.78, 5) is 10.3. The van der Waals surface area contributed by atoms with E-state index in [1.807, 2.05) is 12.3 Å². The van der Waals surface area contributed by atoms with Crippen molar-refractivity contribution in [3.63, 3.8) is 0 Å². The minimum absolute atomic E-state index is 0.378. The van der Waals surface area contributed by atoms with Crippen LogP contribution in [0.4, 0.5) is 0 Å². The van der Waals surface area contributed by atoms with Crippen molar-refractivity contribution >= 4 is 24.0 Å². The largest absolute Gasteiger partial charge is 0.264 e. The van der Waals surface area contributed by atoms with Crippen LogP contribution in [-0.2, 0) is 6.42 Å². The molecule has 2 aromatic heterocycles. The number of aromatic nitrogens is 2. The Morgan fingerprint density at radius 1 is 1.50 bits per heavy atom. The van der Waals surface area contributed by atoms with Crippen molar-refractivity contribution in [1.29, 1.82) is 0 Å². The Bertz CT molecular complexity index is 532. The molecule has 18 heavy (non-hydrogen) atoms. The standard InChI is InChI=1S/C14H16N2S2/c1-2-11-13(12(17)9-5-6-9)18-14(16-11)10-4-3-7-15-8-10/h3-4,7-9,12,17H,2,5-6H2,1H3. The normalized spacial score (nSPS) is 16.8. The molecule has 0 bridgehead atoms. The molecule has 0 amide bonds. The van der Waals surface area contributed by atoms with Crippen LogP contribution in [-0.4, -0.2) is 9.97 Å². The van der Waals surface area contributed by atoms with Gasteiger partial charge in [0.05, 0.1) is 5.69 Å². The highest BCUT2D eigenvalue weighted by Gasteiger charge is 2.32. The SMILES string of the molecule is CCc1nc(-c2cccnc2)sc1C(S)C1CC1. The predicted molar refractivity (Wildman–Crippen MR) is 79.2 cm³/mol. The Balaban J connectivity index is 1.97. The van der Waals surface area contributed by atoms with Crippen LogP contribution < -0.4 is 0 Å². The molecule has 2 aromatic rings. The molecule has 1 fully saturated rings. The van der Waals surface area contributed by atoms with E-state index in [1.165, 1.54) is 23.4 Å². The summed E-state index contributed by atoms with van der Waals surface area (Å²) < 4.78 is 0. The average Bonchev–Trinajstić information content (AvgIpc) is 3.18. The Morgan fingerprint density at radius 2 is 2.33 bits per heavy atom. The molecular weight excluding hydrogens is 260 g/mol. The van der Waals surface area contributed by atoms with Gasteiger partial charge in [-0.15, -0.1) is 11.3 Å². The van der Waals surface area contributed by atoms with Crippen molar-refractivity contribution in [2.45, 2.75) is 31.4 Å². The lowest BCUT2D eigenvalue weighted by Gasteiger charge is -2.07. The molecule has 1 aliphatic carbocycles. The number of pyridine rings is 1. The molecular formula is C14H16N2S2. The van der Waals surface area contributed by atoms with Gasteiger partial charge in [0, 0.05) is 28.1 Å². The minimum atomic E-state index is 0.378. The topological polar surface area (TPSA) is 25.8 Å². The number of thiazole rings is 1. The molecule has 3 rings (SSSR count). The summed E-state index contributed by atoms with van der Waals surface area (Å²) in [6.07, 6.45) is 7.29. The highest BCUT2D eigenvalue weighted by atomic mass is 32.1. The van der Waals surface area contributed by atoms with Crippen LogP contribution in [0, 0.1) is 5.92 Å². The van der Waals surface area contributed by atoms with Crippen LogP contribution in [0.1, 0.15) is 35.6 Å². The van der Waals surface area contributed by atoms with E-state index in [4.69, 9.17) is 17.6 Å². The number of nitrogens with zero attached hydrogens (tertiary/aromatic N) is 2. The van der Waals surface area contributed by atoms with E-state index < -0.39 is 0 Å². The highest BCUT2D eigenvalue weighted by molar-refractivity contribution is 7.80. The van der Waals surface area contributed by atoms with E-state index in [0.29, 0.717) is 5.25 Å². The lowest BCUT2D eigenvalue weighted by molar-refractivity contribution is 0.811. The lowest BCUT2D eigenvalue weighted by Crippen LogP contribution is -1.94. The van der Waals surface area contributed by atoms with Gasteiger partial charge in [-0.05, 0) is 37.3 Å². The van der Waals surface area contributed by atoms with Gasteiger partial charge in [0.1, 0.15) is 5.01 Å². The predicted octanol–water partition coefficient (Wildman–Crippen LogP) is 4.15. The van der Waals surface area contributed by atoms with E-state index in [-0.39, 0.29) is 0 Å². The zero-order valence-corrected chi connectivity index (χ0v) is 12.0. The van der Waals surface area contributed by atoms with Gasteiger partial charge in [0.25, 0.3) is 0 Å². The monoisotopic (exact) mass is 276 g/mol. The van der Waals surface area contributed by atoms with Gasteiger partial charge in [-0.3, -0.25) is 4.98 Å². The van der Waals surface area contributed by atoms with Crippen molar-refractivity contribution in [1.82, 2.24) is 9.97 Å². The Kier molecular flexibility index (Phi) is 3.39. The van der Waals surface area contributed by atoms with Crippen LogP contribution in [0.15, 0.2) is 24.5 Å². The van der Waals surface area contributed by atoms with Crippen LogP contribution >= 0.6 is 24.0 Å². The first-order valence-electron chi connectivity index (χ1n) is 6.37. The van der Waals surface area contributed by atoms with Crippen LogP contribution in [0.2, 0.25) is 0 Å². The maximum Gasteiger partial charge on any atom is 0.125 e. The number of thiol groups is 1. The number of hydrogen-bond donors (Lipinski definition) is 1. The summed E-state index contributed by atoms with van der Waals surface area (Å²) in [5, 5.41) is 1.46. The molecule has 0 aromatic carbocycles. The maximum absolute atomic E-state index is 4.78. The van der Waals surface area contributed by atoms with Crippen molar-refractivity contribution in [2.24, 2.45) is 5.92 Å². The van der Waals surface area contributed by atoms with E-state index in [9.17, 15) is 0 Å². The average molecular weight is 276 g/mol. The fraction of sp³-hybridized carbons (Fsp3) is 0.429. The molecule has 0 aliphatic heterocycles. The van der Waals surface area contributed by atoms with Gasteiger partial charge < -0.3 is 0 Å². The third kappa shape index (κ3) is 2.31. The third-order valence-electron chi connectivity index (χ3n) is 3.31. The van der Waals surface area contributed by atoms with Crippen LogP contribution in [0.5, 0.6) is 0 Å². The van der Waals surface area contributed by atoms with Gasteiger partial charge in [-0.25, -0.2) is 4.98 Å². The summed E-state index contributed by atoms with van der Waals surface area (Å²) in [7, 11) is 0. The summed E-state index contributed by atoms with van der Waals surface area (Å²) in [6.45, 7) is 2.17. The fourth-order valence-corrected chi connectivity index (χ4v) is 3.92. The summed E-state index contributed by atoms with van der Waals surface area (Å²) in [5.74, 6) is 0.765. The smallest absolute Gasteiger partial charge is 0.125 e. The molecule has 0 spiro atoms. The first-order valence-corrected chi connectivity index (χ1v) is 7.71. The zero-order chi connectivity index (χ0) is 12.5. The summed E-state index contributed by atoms with van der Waals surface area (Å²) in [5.41, 5.74) is 2.32. The summed E-state index contributed by atoms with van der Waals surface area (Å²) >= 11 is 6.57. The first kappa shape index (κ1) is 12.2.